The van der Waals surface area contributed by atoms with Crippen LogP contribution in [0, 0.1) is 0 Å². The molecule has 1 N–H and O–H groups in total. The fourth-order valence-electron chi connectivity index (χ4n) is 3.00. The lowest BCUT2D eigenvalue weighted by atomic mass is 10.1. The van der Waals surface area contributed by atoms with Crippen LogP contribution in [0.4, 0.5) is 5.82 Å². The molecule has 2 aromatic heterocycles. The molecule has 9 nitrogen and oxygen atoms in total. The molecule has 0 aliphatic carbocycles. The van der Waals surface area contributed by atoms with Crippen LogP contribution in [-0.4, -0.2) is 49.2 Å². The Bertz CT molecular complexity index is 931. The van der Waals surface area contributed by atoms with Crippen LogP contribution in [0.15, 0.2) is 55.8 Å². The van der Waals surface area contributed by atoms with E-state index in [9.17, 15) is 9.59 Å². The number of aryl methyl sites for hydroxylation is 1. The molecule has 0 aromatic carbocycles. The third-order valence-electron chi connectivity index (χ3n) is 4.43. The summed E-state index contributed by atoms with van der Waals surface area (Å²) in [7, 11) is 1.68. The maximum atomic E-state index is 12.8. The van der Waals surface area contributed by atoms with Crippen LogP contribution in [0.3, 0.4) is 0 Å². The largest absolute Gasteiger partial charge is 0.337 e. The molecule has 9 heteroatoms. The molecular formula is C19H25N7O2. The highest BCUT2D eigenvalue weighted by atomic mass is 16.2. The molecule has 0 saturated carbocycles. The number of carbonyl (C=O) groups excluding carboxylic acids is 2. The summed E-state index contributed by atoms with van der Waals surface area (Å²) in [5, 5.41) is 6.93. The van der Waals surface area contributed by atoms with Crippen LogP contribution < -0.4 is 10.2 Å². The number of rotatable bonds is 6. The van der Waals surface area contributed by atoms with Crippen molar-refractivity contribution >= 4 is 17.6 Å². The number of hydrogen-bond acceptors (Lipinski definition) is 5. The molecule has 148 valence electrons. The van der Waals surface area contributed by atoms with E-state index >= 15 is 0 Å². The summed E-state index contributed by atoms with van der Waals surface area (Å²) in [6, 6.07) is -0.640. The van der Waals surface area contributed by atoms with E-state index in [2.05, 4.69) is 33.5 Å². The van der Waals surface area contributed by atoms with Crippen molar-refractivity contribution in [3.05, 3.63) is 61.6 Å². The lowest BCUT2D eigenvalue weighted by molar-refractivity contribution is -0.120. The van der Waals surface area contributed by atoms with Gasteiger partial charge in [0.2, 0.25) is 11.7 Å². The fraction of sp³-hybridized carbons (Fsp3) is 0.316. The van der Waals surface area contributed by atoms with Gasteiger partial charge in [0.15, 0.2) is 0 Å². The minimum absolute atomic E-state index is 0. The SMILES string of the molecule is C=C/C=C\C(=C)Cn1cnc(C(=O)NC2CCCn3cncc3N(C)C2=O)n1.[HH]. The van der Waals surface area contributed by atoms with Crippen molar-refractivity contribution in [3.8, 4) is 0 Å². The van der Waals surface area contributed by atoms with Crippen LogP contribution in [0.25, 0.3) is 0 Å². The average Bonchev–Trinajstić information content (AvgIpc) is 3.33. The van der Waals surface area contributed by atoms with Gasteiger partial charge in [-0.25, -0.2) is 14.6 Å². The number of amides is 2. The van der Waals surface area contributed by atoms with Gasteiger partial charge in [-0.05, 0) is 18.4 Å². The van der Waals surface area contributed by atoms with Gasteiger partial charge in [-0.15, -0.1) is 5.10 Å². The number of fused-ring (bicyclic) bond motifs is 1. The van der Waals surface area contributed by atoms with Crippen molar-refractivity contribution in [3.63, 3.8) is 0 Å². The van der Waals surface area contributed by atoms with E-state index in [0.29, 0.717) is 18.8 Å². The molecule has 2 aromatic rings. The average molecular weight is 383 g/mol. The van der Waals surface area contributed by atoms with E-state index in [4.69, 9.17) is 0 Å². The van der Waals surface area contributed by atoms with Gasteiger partial charge in [0, 0.05) is 15.0 Å². The topological polar surface area (TPSA) is 97.9 Å². The minimum Gasteiger partial charge on any atom is -0.337 e. The Labute approximate surface area is 164 Å². The van der Waals surface area contributed by atoms with Gasteiger partial charge in [0.25, 0.3) is 5.91 Å². The van der Waals surface area contributed by atoms with E-state index in [1.54, 1.807) is 31.7 Å². The van der Waals surface area contributed by atoms with Crippen molar-refractivity contribution in [2.45, 2.75) is 32.0 Å². The Morgan fingerprint density at radius 3 is 3.07 bits per heavy atom. The number of likely N-dealkylation sites (N-methyl/N-ethyl adjacent to an activating group) is 1. The van der Waals surface area contributed by atoms with E-state index in [0.717, 1.165) is 18.5 Å². The molecule has 0 radical (unpaired) electrons. The third-order valence-corrected chi connectivity index (χ3v) is 4.43. The lowest BCUT2D eigenvalue weighted by Crippen LogP contribution is -2.49. The Balaban J connectivity index is 0.00000300. The maximum Gasteiger partial charge on any atom is 0.291 e. The predicted molar refractivity (Wildman–Crippen MR) is 107 cm³/mol. The zero-order valence-electron chi connectivity index (χ0n) is 15.8. The quantitative estimate of drug-likeness (QED) is 0.764. The molecule has 3 rings (SSSR count). The van der Waals surface area contributed by atoms with Crippen LogP contribution in [-0.2, 0) is 17.9 Å². The molecule has 0 saturated heterocycles. The number of hydrogen-bond donors (Lipinski definition) is 1. The highest BCUT2D eigenvalue weighted by Crippen LogP contribution is 2.19. The second-order valence-electron chi connectivity index (χ2n) is 6.53. The van der Waals surface area contributed by atoms with Crippen molar-refractivity contribution in [2.75, 3.05) is 11.9 Å². The van der Waals surface area contributed by atoms with Crippen molar-refractivity contribution in [1.82, 2.24) is 29.6 Å². The van der Waals surface area contributed by atoms with Gasteiger partial charge in [0.1, 0.15) is 18.2 Å². The molecule has 1 atom stereocenters. The second kappa shape index (κ2) is 8.47. The van der Waals surface area contributed by atoms with E-state index in [1.165, 1.54) is 15.9 Å². The van der Waals surface area contributed by atoms with Crippen LogP contribution >= 0.6 is 0 Å². The lowest BCUT2D eigenvalue weighted by Gasteiger charge is -2.27. The van der Waals surface area contributed by atoms with Gasteiger partial charge in [-0.2, -0.15) is 0 Å². The molecule has 0 fully saturated rings. The van der Waals surface area contributed by atoms with Crippen LogP contribution in [0.1, 0.15) is 24.9 Å². The number of nitrogens with zero attached hydrogens (tertiary/aromatic N) is 6. The first-order chi connectivity index (χ1) is 13.5. The highest BCUT2D eigenvalue weighted by molar-refractivity contribution is 6.00. The summed E-state index contributed by atoms with van der Waals surface area (Å²) in [6.07, 6.45) is 11.3. The highest BCUT2D eigenvalue weighted by Gasteiger charge is 2.29. The first-order valence-corrected chi connectivity index (χ1v) is 8.94. The molecule has 1 aliphatic rings. The molecule has 1 unspecified atom stereocenters. The van der Waals surface area contributed by atoms with Crippen molar-refractivity contribution < 1.29 is 11.0 Å². The number of anilines is 1. The van der Waals surface area contributed by atoms with Crippen LogP contribution in [0.5, 0.6) is 0 Å². The van der Waals surface area contributed by atoms with E-state index in [1.807, 2.05) is 10.6 Å². The number of carbonyl (C=O) groups is 2. The van der Waals surface area contributed by atoms with Crippen LogP contribution in [0.2, 0.25) is 0 Å². The molecule has 3 heterocycles. The maximum absolute atomic E-state index is 12.8. The summed E-state index contributed by atoms with van der Waals surface area (Å²) >= 11 is 0. The standard InChI is InChI=1S/C19H23N7O2.H2/c1-4-5-7-14(2)11-26-13-21-17(23-26)18(27)22-15-8-6-9-25-12-20-10-16(25)24(3)19(15)28;/h4-5,7,10,12-13,15H,1-2,6,8-9,11H2,3H3,(H,22,27);1H/b7-5-;. The van der Waals surface area contributed by atoms with Gasteiger partial charge in [-0.3, -0.25) is 14.5 Å². The molecule has 1 aliphatic heterocycles. The summed E-state index contributed by atoms with van der Waals surface area (Å²) in [6.45, 7) is 8.64. The van der Waals surface area contributed by atoms with Crippen molar-refractivity contribution in [1.29, 1.82) is 0 Å². The summed E-state index contributed by atoms with van der Waals surface area (Å²) in [5.74, 6) is 0.0458. The Hall–Kier alpha value is -3.49. The zero-order chi connectivity index (χ0) is 20.1. The van der Waals surface area contributed by atoms with Crippen molar-refractivity contribution in [2.24, 2.45) is 0 Å². The Morgan fingerprint density at radius 1 is 1.46 bits per heavy atom. The number of imidazole rings is 1. The summed E-state index contributed by atoms with van der Waals surface area (Å²) < 4.78 is 3.45. The number of allylic oxidation sites excluding steroid dienone is 4. The van der Waals surface area contributed by atoms with E-state index in [-0.39, 0.29) is 13.2 Å². The first kappa shape index (κ1) is 19.3. The normalized spacial score (nSPS) is 17.1. The summed E-state index contributed by atoms with van der Waals surface area (Å²) in [4.78, 5) is 35.0. The molecule has 2 amide bonds. The smallest absolute Gasteiger partial charge is 0.291 e. The molecule has 0 spiro atoms. The number of nitrogens with one attached hydrogen (secondary N) is 1. The number of aromatic nitrogens is 5. The fourth-order valence-corrected chi connectivity index (χ4v) is 3.00. The minimum atomic E-state index is -0.640. The predicted octanol–water partition coefficient (Wildman–Crippen LogP) is 1.57. The Morgan fingerprint density at radius 2 is 2.29 bits per heavy atom. The van der Waals surface area contributed by atoms with Gasteiger partial charge in [-0.1, -0.05) is 31.4 Å². The zero-order valence-corrected chi connectivity index (χ0v) is 15.8. The Kier molecular flexibility index (Phi) is 5.83. The monoisotopic (exact) mass is 383 g/mol. The molecular weight excluding hydrogens is 358 g/mol. The van der Waals surface area contributed by atoms with Gasteiger partial charge >= 0.3 is 0 Å². The second-order valence-corrected chi connectivity index (χ2v) is 6.53. The molecule has 0 bridgehead atoms. The van der Waals surface area contributed by atoms with Gasteiger partial charge < -0.3 is 9.88 Å². The van der Waals surface area contributed by atoms with Gasteiger partial charge in [0.05, 0.1) is 19.1 Å². The third kappa shape index (κ3) is 4.25. The first-order valence-electron chi connectivity index (χ1n) is 8.94. The van der Waals surface area contributed by atoms with E-state index < -0.39 is 11.9 Å². The molecule has 28 heavy (non-hydrogen) atoms. The summed E-state index contributed by atoms with van der Waals surface area (Å²) in [5.41, 5.74) is 0.796.